The Hall–Kier alpha value is -2.28. The molecule has 0 amide bonds. The van der Waals surface area contributed by atoms with Crippen LogP contribution in [0.3, 0.4) is 0 Å². The topological polar surface area (TPSA) is 9.23 Å². The molecule has 0 bridgehead atoms. The maximum Gasteiger partial charge on any atom is 0.119 e. The van der Waals surface area contributed by atoms with Crippen LogP contribution >= 0.6 is 0 Å². The molecule has 0 unspecified atom stereocenters. The van der Waals surface area contributed by atoms with E-state index in [1.54, 1.807) is 7.11 Å². The molecule has 0 aliphatic heterocycles. The van der Waals surface area contributed by atoms with Crippen LogP contribution in [0.15, 0.2) is 60.7 Å². The van der Waals surface area contributed by atoms with E-state index < -0.39 is 0 Å². The first kappa shape index (κ1) is 14.1. The third-order valence-corrected chi connectivity index (χ3v) is 3.32. The molecule has 0 heterocycles. The lowest BCUT2D eigenvalue weighted by molar-refractivity contribution is 0.414. The largest absolute Gasteiger partial charge is 0.497 e. The molecular formula is C19H20O. The molecule has 0 aromatic heterocycles. The number of hydrogen-bond acceptors (Lipinski definition) is 1. The zero-order valence-electron chi connectivity index (χ0n) is 12.3. The molecule has 2 rings (SSSR count). The van der Waals surface area contributed by atoms with Gasteiger partial charge in [-0.3, -0.25) is 0 Å². The number of hydrogen-bond donors (Lipinski definition) is 0. The number of allylic oxidation sites excluding steroid dienone is 3. The zero-order valence-corrected chi connectivity index (χ0v) is 12.3. The molecule has 2 aromatic rings. The lowest BCUT2D eigenvalue weighted by atomic mass is 9.99. The first-order chi connectivity index (χ1) is 9.74. The van der Waals surface area contributed by atoms with E-state index in [0.717, 1.165) is 11.3 Å². The summed E-state index contributed by atoms with van der Waals surface area (Å²) in [7, 11) is 1.69. The molecule has 1 nitrogen and oxygen atoms in total. The van der Waals surface area contributed by atoms with Crippen LogP contribution in [-0.4, -0.2) is 7.11 Å². The first-order valence-electron chi connectivity index (χ1n) is 6.79. The fourth-order valence-corrected chi connectivity index (χ4v) is 2.17. The number of rotatable bonds is 4. The SMILES string of the molecule is C/C=C(/C=C/c1cccc(OC)c1)c1ccccc1C. The Labute approximate surface area is 121 Å². The number of methoxy groups -OCH3 is 1. The summed E-state index contributed by atoms with van der Waals surface area (Å²) >= 11 is 0. The second kappa shape index (κ2) is 6.76. The summed E-state index contributed by atoms with van der Waals surface area (Å²) in [5.41, 5.74) is 4.92. The normalized spacial score (nSPS) is 11.8. The Balaban J connectivity index is 2.27. The van der Waals surface area contributed by atoms with E-state index in [4.69, 9.17) is 4.74 Å². The Kier molecular flexibility index (Phi) is 4.78. The summed E-state index contributed by atoms with van der Waals surface area (Å²) < 4.78 is 5.24. The van der Waals surface area contributed by atoms with Gasteiger partial charge in [-0.05, 0) is 48.2 Å². The molecule has 102 valence electrons. The molecule has 0 saturated heterocycles. The summed E-state index contributed by atoms with van der Waals surface area (Å²) in [6, 6.07) is 16.5. The molecule has 0 atom stereocenters. The van der Waals surface area contributed by atoms with Gasteiger partial charge in [0.05, 0.1) is 7.11 Å². The van der Waals surface area contributed by atoms with Gasteiger partial charge in [0.15, 0.2) is 0 Å². The van der Waals surface area contributed by atoms with Gasteiger partial charge in [0, 0.05) is 0 Å². The van der Waals surface area contributed by atoms with Gasteiger partial charge in [-0.15, -0.1) is 0 Å². The van der Waals surface area contributed by atoms with Gasteiger partial charge in [-0.1, -0.05) is 54.6 Å². The predicted molar refractivity (Wildman–Crippen MR) is 86.9 cm³/mol. The van der Waals surface area contributed by atoms with Crippen LogP contribution < -0.4 is 4.74 Å². The van der Waals surface area contributed by atoms with Crippen molar-refractivity contribution < 1.29 is 4.74 Å². The molecule has 0 aliphatic carbocycles. The fourth-order valence-electron chi connectivity index (χ4n) is 2.17. The molecule has 20 heavy (non-hydrogen) atoms. The van der Waals surface area contributed by atoms with Crippen LogP contribution in [0.25, 0.3) is 11.6 Å². The molecule has 0 spiro atoms. The van der Waals surface area contributed by atoms with Gasteiger partial charge in [-0.25, -0.2) is 0 Å². The molecular weight excluding hydrogens is 244 g/mol. The quantitative estimate of drug-likeness (QED) is 0.696. The van der Waals surface area contributed by atoms with Crippen molar-refractivity contribution in [1.29, 1.82) is 0 Å². The summed E-state index contributed by atoms with van der Waals surface area (Å²) in [5, 5.41) is 0. The summed E-state index contributed by atoms with van der Waals surface area (Å²) in [6.07, 6.45) is 6.40. The van der Waals surface area contributed by atoms with E-state index in [0.29, 0.717) is 0 Å². The Morgan fingerprint density at radius 2 is 1.85 bits per heavy atom. The molecule has 0 radical (unpaired) electrons. The number of benzene rings is 2. The van der Waals surface area contributed by atoms with Crippen molar-refractivity contribution in [2.24, 2.45) is 0 Å². The van der Waals surface area contributed by atoms with Crippen LogP contribution in [0.2, 0.25) is 0 Å². The maximum atomic E-state index is 5.24. The van der Waals surface area contributed by atoms with Crippen molar-refractivity contribution >= 4 is 11.6 Å². The van der Waals surface area contributed by atoms with E-state index in [2.05, 4.69) is 62.4 Å². The van der Waals surface area contributed by atoms with Crippen LogP contribution in [-0.2, 0) is 0 Å². The van der Waals surface area contributed by atoms with Crippen molar-refractivity contribution in [1.82, 2.24) is 0 Å². The molecule has 2 aromatic carbocycles. The van der Waals surface area contributed by atoms with Crippen molar-refractivity contribution in [2.75, 3.05) is 7.11 Å². The summed E-state index contributed by atoms with van der Waals surface area (Å²) in [5.74, 6) is 0.880. The highest BCUT2D eigenvalue weighted by Crippen LogP contribution is 2.21. The van der Waals surface area contributed by atoms with E-state index >= 15 is 0 Å². The maximum absolute atomic E-state index is 5.24. The lowest BCUT2D eigenvalue weighted by Gasteiger charge is -2.06. The second-order valence-corrected chi connectivity index (χ2v) is 4.67. The third kappa shape index (κ3) is 3.39. The van der Waals surface area contributed by atoms with E-state index in [1.165, 1.54) is 16.7 Å². The zero-order chi connectivity index (χ0) is 14.4. The molecule has 0 fully saturated rings. The van der Waals surface area contributed by atoms with Crippen LogP contribution in [0.5, 0.6) is 5.75 Å². The highest BCUT2D eigenvalue weighted by Gasteiger charge is 2.00. The average Bonchev–Trinajstić information content (AvgIpc) is 2.49. The first-order valence-corrected chi connectivity index (χ1v) is 6.79. The minimum absolute atomic E-state index is 0.880. The van der Waals surface area contributed by atoms with Gasteiger partial charge in [0.2, 0.25) is 0 Å². The van der Waals surface area contributed by atoms with Crippen molar-refractivity contribution in [3.05, 3.63) is 77.4 Å². The molecule has 1 heteroatoms. The highest BCUT2D eigenvalue weighted by molar-refractivity contribution is 5.80. The Morgan fingerprint density at radius 3 is 2.55 bits per heavy atom. The monoisotopic (exact) mass is 264 g/mol. The van der Waals surface area contributed by atoms with E-state index in [9.17, 15) is 0 Å². The van der Waals surface area contributed by atoms with Gasteiger partial charge in [-0.2, -0.15) is 0 Å². The van der Waals surface area contributed by atoms with Crippen molar-refractivity contribution in [3.8, 4) is 5.75 Å². The third-order valence-electron chi connectivity index (χ3n) is 3.32. The van der Waals surface area contributed by atoms with Crippen LogP contribution in [0.4, 0.5) is 0 Å². The van der Waals surface area contributed by atoms with Gasteiger partial charge in [0.1, 0.15) is 5.75 Å². The Bertz CT molecular complexity index is 636. The highest BCUT2D eigenvalue weighted by atomic mass is 16.5. The predicted octanol–water partition coefficient (Wildman–Crippen LogP) is 5.12. The number of aryl methyl sites for hydroxylation is 1. The van der Waals surface area contributed by atoms with E-state index in [-0.39, 0.29) is 0 Å². The van der Waals surface area contributed by atoms with E-state index in [1.807, 2.05) is 18.2 Å². The molecule has 0 saturated carbocycles. The second-order valence-electron chi connectivity index (χ2n) is 4.67. The van der Waals surface area contributed by atoms with Crippen molar-refractivity contribution in [2.45, 2.75) is 13.8 Å². The van der Waals surface area contributed by atoms with Gasteiger partial charge in [0.25, 0.3) is 0 Å². The van der Waals surface area contributed by atoms with Crippen LogP contribution in [0.1, 0.15) is 23.6 Å². The minimum Gasteiger partial charge on any atom is -0.497 e. The minimum atomic E-state index is 0.880. The van der Waals surface area contributed by atoms with Gasteiger partial charge < -0.3 is 4.74 Å². The average molecular weight is 264 g/mol. The van der Waals surface area contributed by atoms with Gasteiger partial charge >= 0.3 is 0 Å². The standard InChI is InChI=1S/C19H20O/c1-4-17(19-11-6-5-8-15(19)2)13-12-16-9-7-10-18(14-16)20-3/h4-14H,1-3H3/b13-12+,17-4-. The number of ether oxygens (including phenoxy) is 1. The van der Waals surface area contributed by atoms with Crippen LogP contribution in [0, 0.1) is 6.92 Å². The molecule has 0 aliphatic rings. The lowest BCUT2D eigenvalue weighted by Crippen LogP contribution is -1.86. The molecule has 0 N–H and O–H groups in total. The smallest absolute Gasteiger partial charge is 0.119 e. The van der Waals surface area contributed by atoms with Crippen molar-refractivity contribution in [3.63, 3.8) is 0 Å². The summed E-state index contributed by atoms with van der Waals surface area (Å²) in [6.45, 7) is 4.20. The fraction of sp³-hybridized carbons (Fsp3) is 0.158. The summed E-state index contributed by atoms with van der Waals surface area (Å²) in [4.78, 5) is 0. The Morgan fingerprint density at radius 1 is 1.05 bits per heavy atom.